The van der Waals surface area contributed by atoms with E-state index in [1.165, 1.54) is 19.3 Å². The van der Waals surface area contributed by atoms with Crippen LogP contribution in [0.15, 0.2) is 47.6 Å². The molecule has 1 saturated carbocycles. The lowest BCUT2D eigenvalue weighted by Crippen LogP contribution is -2.32. The Kier molecular flexibility index (Phi) is 11.0. The molecule has 0 heterocycles. The Labute approximate surface area is 217 Å². The molecule has 1 aliphatic rings. The molecule has 9 heteroatoms. The van der Waals surface area contributed by atoms with Crippen LogP contribution in [0.25, 0.3) is 0 Å². The smallest absolute Gasteiger partial charge is 0.319 e. The van der Waals surface area contributed by atoms with Gasteiger partial charge in [-0.15, -0.1) is 0 Å². The third-order valence-electron chi connectivity index (χ3n) is 6.07. The van der Waals surface area contributed by atoms with Gasteiger partial charge in [0.1, 0.15) is 5.71 Å². The molecule has 2 aromatic carbocycles. The van der Waals surface area contributed by atoms with Gasteiger partial charge in [0.25, 0.3) is 5.91 Å². The Bertz CT molecular complexity index is 1050. The van der Waals surface area contributed by atoms with Crippen molar-refractivity contribution >= 4 is 34.9 Å². The normalized spacial score (nSPS) is 14.3. The Morgan fingerprint density at radius 2 is 1.89 bits per heavy atom. The van der Waals surface area contributed by atoms with Gasteiger partial charge in [0, 0.05) is 34.9 Å². The summed E-state index contributed by atoms with van der Waals surface area (Å²) in [4.78, 5) is 29.4. The Balaban J connectivity index is 1.70. The highest BCUT2D eigenvalue weighted by molar-refractivity contribution is 6.31. The SMILES string of the molecule is CCOC(=O)CNCc1cc(C(=NOCC(=O)NCC2CCCCC2)c2cccc(Cl)c2)ccc1N. The number of oxime groups is 1. The summed E-state index contributed by atoms with van der Waals surface area (Å²) in [5.41, 5.74) is 9.51. The third-order valence-corrected chi connectivity index (χ3v) is 6.30. The number of ether oxygens (including phenoxy) is 1. The number of hydrogen-bond donors (Lipinski definition) is 3. The summed E-state index contributed by atoms with van der Waals surface area (Å²) >= 11 is 6.22. The maximum atomic E-state index is 12.3. The Hall–Kier alpha value is -3.10. The lowest BCUT2D eigenvalue weighted by molar-refractivity contribution is -0.142. The first-order valence-corrected chi connectivity index (χ1v) is 12.8. The molecule has 0 atom stereocenters. The predicted octanol–water partition coefficient (Wildman–Crippen LogP) is 4.04. The maximum Gasteiger partial charge on any atom is 0.319 e. The van der Waals surface area contributed by atoms with Gasteiger partial charge < -0.3 is 25.9 Å². The first-order valence-electron chi connectivity index (χ1n) is 12.4. The number of anilines is 1. The van der Waals surface area contributed by atoms with Crippen LogP contribution in [-0.2, 0) is 25.7 Å². The van der Waals surface area contributed by atoms with Crippen molar-refractivity contribution < 1.29 is 19.2 Å². The van der Waals surface area contributed by atoms with E-state index >= 15 is 0 Å². The first kappa shape index (κ1) is 27.5. The number of carbonyl (C=O) groups is 2. The van der Waals surface area contributed by atoms with Crippen molar-refractivity contribution in [3.05, 3.63) is 64.2 Å². The highest BCUT2D eigenvalue weighted by atomic mass is 35.5. The van der Waals surface area contributed by atoms with Gasteiger partial charge in [-0.2, -0.15) is 0 Å². The second-order valence-corrected chi connectivity index (χ2v) is 9.29. The van der Waals surface area contributed by atoms with Crippen molar-refractivity contribution in [2.75, 3.05) is 32.0 Å². The largest absolute Gasteiger partial charge is 0.465 e. The fraction of sp³-hybridized carbons (Fsp3) is 0.444. The monoisotopic (exact) mass is 514 g/mol. The molecule has 0 radical (unpaired) electrons. The molecule has 0 aliphatic heterocycles. The minimum absolute atomic E-state index is 0.0752. The van der Waals surface area contributed by atoms with E-state index in [1.54, 1.807) is 25.1 Å². The van der Waals surface area contributed by atoms with Gasteiger partial charge in [-0.1, -0.05) is 54.2 Å². The van der Waals surface area contributed by atoms with Crippen LogP contribution in [0.4, 0.5) is 5.69 Å². The fourth-order valence-corrected chi connectivity index (χ4v) is 4.37. The van der Waals surface area contributed by atoms with Crippen LogP contribution in [0.3, 0.4) is 0 Å². The number of rotatable bonds is 12. The standard InChI is InChI=1S/C27H35ClN4O4/c1-2-35-26(34)17-30-16-22-13-21(11-12-24(22)29)27(20-9-6-10-23(28)14-20)32-36-18-25(33)31-15-19-7-4-3-5-8-19/h6,9-14,19,30H,2-5,7-8,15-18,29H2,1H3,(H,31,33). The molecule has 1 amide bonds. The van der Waals surface area contributed by atoms with E-state index in [4.69, 9.17) is 26.9 Å². The van der Waals surface area contributed by atoms with E-state index in [1.807, 2.05) is 24.3 Å². The molecule has 4 N–H and O–H groups in total. The molecule has 0 unspecified atom stereocenters. The van der Waals surface area contributed by atoms with Gasteiger partial charge in [0.2, 0.25) is 0 Å². The summed E-state index contributed by atoms with van der Waals surface area (Å²) in [6, 6.07) is 12.7. The zero-order chi connectivity index (χ0) is 25.8. The second kappa shape index (κ2) is 14.5. The lowest BCUT2D eigenvalue weighted by atomic mass is 9.89. The molecular weight excluding hydrogens is 480 g/mol. The number of hydrogen-bond acceptors (Lipinski definition) is 7. The third kappa shape index (κ3) is 8.84. The summed E-state index contributed by atoms with van der Waals surface area (Å²) in [6.07, 6.45) is 6.06. The molecule has 1 aliphatic carbocycles. The topological polar surface area (TPSA) is 115 Å². The summed E-state index contributed by atoms with van der Waals surface area (Å²) in [7, 11) is 0. The van der Waals surface area contributed by atoms with E-state index in [2.05, 4.69) is 15.8 Å². The van der Waals surface area contributed by atoms with Crippen molar-refractivity contribution in [2.24, 2.45) is 11.1 Å². The van der Waals surface area contributed by atoms with Gasteiger partial charge in [0.15, 0.2) is 6.61 Å². The highest BCUT2D eigenvalue weighted by Gasteiger charge is 2.15. The average Bonchev–Trinajstić information content (AvgIpc) is 2.87. The van der Waals surface area contributed by atoms with E-state index in [0.29, 0.717) is 42.0 Å². The number of nitrogens with two attached hydrogens (primary N) is 1. The van der Waals surface area contributed by atoms with Crippen molar-refractivity contribution in [1.29, 1.82) is 0 Å². The molecule has 194 valence electrons. The van der Waals surface area contributed by atoms with Crippen LogP contribution in [0.2, 0.25) is 5.02 Å². The summed E-state index contributed by atoms with van der Waals surface area (Å²) in [5.74, 6) is 0.0124. The van der Waals surface area contributed by atoms with Crippen LogP contribution >= 0.6 is 11.6 Å². The van der Waals surface area contributed by atoms with Gasteiger partial charge in [0.05, 0.1) is 13.2 Å². The molecule has 0 bridgehead atoms. The molecule has 3 rings (SSSR count). The fourth-order valence-electron chi connectivity index (χ4n) is 4.18. The molecule has 0 aromatic heterocycles. The number of nitrogens with one attached hydrogen (secondary N) is 2. The van der Waals surface area contributed by atoms with Crippen molar-refractivity contribution in [1.82, 2.24) is 10.6 Å². The zero-order valence-corrected chi connectivity index (χ0v) is 21.5. The number of nitrogens with zero attached hydrogens (tertiary/aromatic N) is 1. The van der Waals surface area contributed by atoms with Crippen LogP contribution in [-0.4, -0.2) is 43.9 Å². The van der Waals surface area contributed by atoms with E-state index in [9.17, 15) is 9.59 Å². The van der Waals surface area contributed by atoms with Crippen LogP contribution in [0.5, 0.6) is 0 Å². The van der Waals surface area contributed by atoms with Gasteiger partial charge in [-0.3, -0.25) is 9.59 Å². The first-order chi connectivity index (χ1) is 17.5. The van der Waals surface area contributed by atoms with E-state index < -0.39 is 0 Å². The number of amides is 1. The Morgan fingerprint density at radius 3 is 2.64 bits per heavy atom. The molecule has 1 fully saturated rings. The number of esters is 1. The number of carbonyl (C=O) groups excluding carboxylic acids is 2. The van der Waals surface area contributed by atoms with Crippen molar-refractivity contribution in [3.8, 4) is 0 Å². The van der Waals surface area contributed by atoms with Crippen molar-refractivity contribution in [2.45, 2.75) is 45.6 Å². The molecule has 36 heavy (non-hydrogen) atoms. The van der Waals surface area contributed by atoms with Crippen molar-refractivity contribution in [3.63, 3.8) is 0 Å². The minimum Gasteiger partial charge on any atom is -0.465 e. The van der Waals surface area contributed by atoms with E-state index in [0.717, 1.165) is 29.5 Å². The zero-order valence-electron chi connectivity index (χ0n) is 20.7. The molecule has 8 nitrogen and oxygen atoms in total. The minimum atomic E-state index is -0.330. The van der Waals surface area contributed by atoms with Crippen LogP contribution in [0, 0.1) is 5.92 Å². The maximum absolute atomic E-state index is 12.3. The van der Waals surface area contributed by atoms with Gasteiger partial charge in [-0.05, 0) is 55.5 Å². The second-order valence-electron chi connectivity index (χ2n) is 8.85. The summed E-state index contributed by atoms with van der Waals surface area (Å²) in [6.45, 7) is 3.03. The van der Waals surface area contributed by atoms with Crippen LogP contribution in [0.1, 0.15) is 55.7 Å². The quantitative estimate of drug-likeness (QED) is 0.170. The summed E-state index contributed by atoms with van der Waals surface area (Å²) in [5, 5.41) is 10.9. The highest BCUT2D eigenvalue weighted by Crippen LogP contribution is 2.23. The van der Waals surface area contributed by atoms with Crippen LogP contribution < -0.4 is 16.4 Å². The molecule has 0 saturated heterocycles. The Morgan fingerprint density at radius 1 is 1.11 bits per heavy atom. The van der Waals surface area contributed by atoms with E-state index in [-0.39, 0.29) is 25.0 Å². The lowest BCUT2D eigenvalue weighted by Gasteiger charge is -2.21. The van der Waals surface area contributed by atoms with Gasteiger partial charge >= 0.3 is 5.97 Å². The number of nitrogen functional groups attached to an aromatic ring is 1. The average molecular weight is 515 g/mol. The predicted molar refractivity (Wildman–Crippen MR) is 142 cm³/mol. The number of halogens is 1. The molecule has 0 spiro atoms. The molecule has 2 aromatic rings. The summed E-state index contributed by atoms with van der Waals surface area (Å²) < 4.78 is 4.94. The molecular formula is C27H35ClN4O4. The number of benzene rings is 2. The van der Waals surface area contributed by atoms with Gasteiger partial charge in [-0.25, -0.2) is 0 Å².